The van der Waals surface area contributed by atoms with Crippen LogP contribution in [0.2, 0.25) is 0 Å². The minimum atomic E-state index is 0.139. The monoisotopic (exact) mass is 262 g/mol. The zero-order chi connectivity index (χ0) is 14.0. The van der Waals surface area contributed by atoms with Crippen LogP contribution in [-0.4, -0.2) is 31.8 Å². The topological polar surface area (TPSA) is 24.5 Å². The van der Waals surface area contributed by atoms with Gasteiger partial charge in [0, 0.05) is 24.7 Å². The van der Waals surface area contributed by atoms with Crippen molar-refractivity contribution in [2.75, 3.05) is 25.1 Å². The molecule has 0 aromatic heterocycles. The number of aryl methyl sites for hydroxylation is 1. The van der Waals surface area contributed by atoms with Crippen LogP contribution in [0.1, 0.15) is 32.8 Å². The molecule has 1 aliphatic heterocycles. The summed E-state index contributed by atoms with van der Waals surface area (Å²) in [7, 11) is 1.75. The SMILES string of the molecule is CCC1CNC(C)(C)CN1c1cc(C)ccc1OC. The molecular formula is C16H26N2O. The summed E-state index contributed by atoms with van der Waals surface area (Å²) in [6.45, 7) is 10.9. The van der Waals surface area contributed by atoms with Gasteiger partial charge in [-0.15, -0.1) is 0 Å². The number of ether oxygens (including phenoxy) is 1. The van der Waals surface area contributed by atoms with Crippen molar-refractivity contribution in [2.24, 2.45) is 0 Å². The molecule has 1 aromatic rings. The van der Waals surface area contributed by atoms with Crippen LogP contribution in [-0.2, 0) is 0 Å². The predicted molar refractivity (Wildman–Crippen MR) is 81.2 cm³/mol. The van der Waals surface area contributed by atoms with E-state index in [0.29, 0.717) is 6.04 Å². The van der Waals surface area contributed by atoms with E-state index in [1.54, 1.807) is 7.11 Å². The molecule has 0 saturated carbocycles. The largest absolute Gasteiger partial charge is 0.495 e. The Kier molecular flexibility index (Phi) is 4.04. The summed E-state index contributed by atoms with van der Waals surface area (Å²) in [5.41, 5.74) is 2.64. The number of nitrogens with zero attached hydrogens (tertiary/aromatic N) is 1. The van der Waals surface area contributed by atoms with Crippen LogP contribution in [0.15, 0.2) is 18.2 Å². The highest BCUT2D eigenvalue weighted by atomic mass is 16.5. The Hall–Kier alpha value is -1.22. The fourth-order valence-corrected chi connectivity index (χ4v) is 2.79. The lowest BCUT2D eigenvalue weighted by Gasteiger charge is -2.46. The second-order valence-corrected chi connectivity index (χ2v) is 6.13. The summed E-state index contributed by atoms with van der Waals surface area (Å²) in [6.07, 6.45) is 1.14. The van der Waals surface area contributed by atoms with E-state index in [1.165, 1.54) is 11.3 Å². The molecule has 2 rings (SSSR count). The first-order valence-electron chi connectivity index (χ1n) is 7.13. The highest BCUT2D eigenvalue weighted by molar-refractivity contribution is 5.61. The first-order valence-corrected chi connectivity index (χ1v) is 7.13. The molecule has 0 radical (unpaired) electrons. The van der Waals surface area contributed by atoms with Gasteiger partial charge in [0.15, 0.2) is 0 Å². The molecule has 1 atom stereocenters. The molecule has 19 heavy (non-hydrogen) atoms. The number of nitrogens with one attached hydrogen (secondary N) is 1. The molecule has 3 nitrogen and oxygen atoms in total. The van der Waals surface area contributed by atoms with Gasteiger partial charge in [-0.05, 0) is 44.9 Å². The fourth-order valence-electron chi connectivity index (χ4n) is 2.79. The maximum Gasteiger partial charge on any atom is 0.142 e. The number of hydrogen-bond acceptors (Lipinski definition) is 3. The van der Waals surface area contributed by atoms with Crippen molar-refractivity contribution in [3.63, 3.8) is 0 Å². The molecule has 1 saturated heterocycles. The molecule has 1 heterocycles. The normalized spacial score (nSPS) is 22.4. The molecule has 0 aliphatic carbocycles. The molecule has 0 amide bonds. The molecule has 1 aromatic carbocycles. The van der Waals surface area contributed by atoms with E-state index in [1.807, 2.05) is 0 Å². The number of rotatable bonds is 3. The van der Waals surface area contributed by atoms with Gasteiger partial charge in [0.2, 0.25) is 0 Å². The second-order valence-electron chi connectivity index (χ2n) is 6.13. The zero-order valence-corrected chi connectivity index (χ0v) is 12.8. The van der Waals surface area contributed by atoms with Crippen molar-refractivity contribution in [1.82, 2.24) is 5.32 Å². The van der Waals surface area contributed by atoms with Gasteiger partial charge in [-0.25, -0.2) is 0 Å². The average molecular weight is 262 g/mol. The Morgan fingerprint density at radius 3 is 2.79 bits per heavy atom. The predicted octanol–water partition coefficient (Wildman–Crippen LogP) is 2.97. The third kappa shape index (κ3) is 3.03. The van der Waals surface area contributed by atoms with E-state index in [0.717, 1.165) is 25.3 Å². The molecule has 0 spiro atoms. The van der Waals surface area contributed by atoms with E-state index < -0.39 is 0 Å². The average Bonchev–Trinajstić information content (AvgIpc) is 2.37. The Morgan fingerprint density at radius 1 is 1.42 bits per heavy atom. The summed E-state index contributed by atoms with van der Waals surface area (Å²) < 4.78 is 5.55. The quantitative estimate of drug-likeness (QED) is 0.906. The van der Waals surface area contributed by atoms with Crippen LogP contribution in [0.25, 0.3) is 0 Å². The van der Waals surface area contributed by atoms with Gasteiger partial charge in [0.25, 0.3) is 0 Å². The molecular weight excluding hydrogens is 236 g/mol. The summed E-state index contributed by atoms with van der Waals surface area (Å²) in [4.78, 5) is 2.50. The lowest BCUT2D eigenvalue weighted by atomic mass is 9.96. The van der Waals surface area contributed by atoms with Crippen molar-refractivity contribution >= 4 is 5.69 Å². The summed E-state index contributed by atoms with van der Waals surface area (Å²) in [5, 5.41) is 3.63. The number of hydrogen-bond donors (Lipinski definition) is 1. The van der Waals surface area contributed by atoms with Crippen molar-refractivity contribution in [3.8, 4) is 5.75 Å². The first kappa shape index (κ1) is 14.2. The zero-order valence-electron chi connectivity index (χ0n) is 12.8. The molecule has 106 valence electrons. The summed E-state index contributed by atoms with van der Waals surface area (Å²) in [5.74, 6) is 0.974. The molecule has 1 unspecified atom stereocenters. The molecule has 1 aliphatic rings. The van der Waals surface area contributed by atoms with Crippen LogP contribution in [0.4, 0.5) is 5.69 Å². The Balaban J connectivity index is 2.38. The maximum absolute atomic E-state index is 5.55. The van der Waals surface area contributed by atoms with E-state index in [-0.39, 0.29) is 5.54 Å². The lowest BCUT2D eigenvalue weighted by Crippen LogP contribution is -2.61. The smallest absolute Gasteiger partial charge is 0.142 e. The number of piperazine rings is 1. The maximum atomic E-state index is 5.55. The minimum absolute atomic E-state index is 0.139. The van der Waals surface area contributed by atoms with Crippen LogP contribution in [0, 0.1) is 6.92 Å². The minimum Gasteiger partial charge on any atom is -0.495 e. The van der Waals surface area contributed by atoms with E-state index in [2.05, 4.69) is 56.1 Å². The lowest BCUT2D eigenvalue weighted by molar-refractivity contribution is 0.303. The highest BCUT2D eigenvalue weighted by Gasteiger charge is 2.32. The Labute approximate surface area is 116 Å². The van der Waals surface area contributed by atoms with Crippen LogP contribution in [0.3, 0.4) is 0 Å². The Bertz CT molecular complexity index is 442. The number of benzene rings is 1. The van der Waals surface area contributed by atoms with Crippen molar-refractivity contribution in [3.05, 3.63) is 23.8 Å². The van der Waals surface area contributed by atoms with E-state index in [9.17, 15) is 0 Å². The van der Waals surface area contributed by atoms with Gasteiger partial charge >= 0.3 is 0 Å². The standard InChI is InChI=1S/C16H26N2O/c1-6-13-10-17-16(3,4)11-18(13)14-9-12(2)7-8-15(14)19-5/h7-9,13,17H,6,10-11H2,1-5H3. The van der Waals surface area contributed by atoms with Gasteiger partial charge in [0.05, 0.1) is 12.8 Å². The van der Waals surface area contributed by atoms with Gasteiger partial charge in [-0.1, -0.05) is 13.0 Å². The third-order valence-electron chi connectivity index (χ3n) is 3.94. The van der Waals surface area contributed by atoms with E-state index >= 15 is 0 Å². The van der Waals surface area contributed by atoms with Crippen molar-refractivity contribution in [2.45, 2.75) is 45.7 Å². The third-order valence-corrected chi connectivity index (χ3v) is 3.94. The van der Waals surface area contributed by atoms with Gasteiger partial charge in [-0.3, -0.25) is 0 Å². The summed E-state index contributed by atoms with van der Waals surface area (Å²) >= 11 is 0. The van der Waals surface area contributed by atoms with Crippen LogP contribution in [0.5, 0.6) is 5.75 Å². The van der Waals surface area contributed by atoms with Crippen LogP contribution < -0.4 is 15.0 Å². The first-order chi connectivity index (χ1) is 8.96. The fraction of sp³-hybridized carbons (Fsp3) is 0.625. The van der Waals surface area contributed by atoms with Crippen molar-refractivity contribution in [1.29, 1.82) is 0 Å². The number of methoxy groups -OCH3 is 1. The van der Waals surface area contributed by atoms with Crippen molar-refractivity contribution < 1.29 is 4.74 Å². The van der Waals surface area contributed by atoms with Gasteiger partial charge < -0.3 is 15.0 Å². The van der Waals surface area contributed by atoms with Gasteiger partial charge in [0.1, 0.15) is 5.75 Å². The highest BCUT2D eigenvalue weighted by Crippen LogP contribution is 2.33. The molecule has 1 N–H and O–H groups in total. The summed E-state index contributed by atoms with van der Waals surface area (Å²) in [6, 6.07) is 6.95. The van der Waals surface area contributed by atoms with E-state index in [4.69, 9.17) is 4.74 Å². The van der Waals surface area contributed by atoms with Gasteiger partial charge in [-0.2, -0.15) is 0 Å². The molecule has 0 bridgehead atoms. The second kappa shape index (κ2) is 5.41. The number of anilines is 1. The molecule has 1 fully saturated rings. The Morgan fingerprint density at radius 2 is 2.16 bits per heavy atom. The molecule has 3 heteroatoms. The van der Waals surface area contributed by atoms with Crippen LogP contribution >= 0.6 is 0 Å².